The summed E-state index contributed by atoms with van der Waals surface area (Å²) in [7, 11) is 0. The van der Waals surface area contributed by atoms with Crippen molar-refractivity contribution in [3.05, 3.63) is 225 Å². The first-order valence-electron chi connectivity index (χ1n) is 20.0. The van der Waals surface area contributed by atoms with Gasteiger partial charge >= 0.3 is 0 Å². The standard InChI is InChI=1S/C56H37N3/c1-2-11-41(12-3-1)53-37-55(58-54-15-8-32-57-56(53)54)42-24-29-51(30-25-42)59(50-27-22-40(23-28-50)45-18-16-38-9-4-6-13-43(38)33-45)52-31-26-48-35-47(20-21-49(48)36-52)46-19-17-39-10-5-7-14-44(39)34-46/h1-37H. The van der Waals surface area contributed by atoms with E-state index in [0.717, 1.165) is 50.5 Å². The molecule has 0 bridgehead atoms. The lowest BCUT2D eigenvalue weighted by Crippen LogP contribution is -2.10. The van der Waals surface area contributed by atoms with E-state index < -0.39 is 0 Å². The summed E-state index contributed by atoms with van der Waals surface area (Å²) in [6.45, 7) is 0. The van der Waals surface area contributed by atoms with Crippen LogP contribution in [0.2, 0.25) is 0 Å². The van der Waals surface area contributed by atoms with Crippen molar-refractivity contribution >= 4 is 60.4 Å². The summed E-state index contributed by atoms with van der Waals surface area (Å²) in [6.07, 6.45) is 1.84. The van der Waals surface area contributed by atoms with Crippen molar-refractivity contribution in [3.63, 3.8) is 0 Å². The zero-order valence-corrected chi connectivity index (χ0v) is 32.2. The third kappa shape index (κ3) is 6.55. The second kappa shape index (κ2) is 14.6. The van der Waals surface area contributed by atoms with Crippen molar-refractivity contribution in [2.45, 2.75) is 0 Å². The topological polar surface area (TPSA) is 29.0 Å². The summed E-state index contributed by atoms with van der Waals surface area (Å²) in [4.78, 5) is 12.1. The number of rotatable bonds is 7. The van der Waals surface area contributed by atoms with Gasteiger partial charge in [0.2, 0.25) is 0 Å². The molecule has 3 nitrogen and oxygen atoms in total. The Morgan fingerprint density at radius 2 is 0.780 bits per heavy atom. The highest BCUT2D eigenvalue weighted by Gasteiger charge is 2.16. The summed E-state index contributed by atoms with van der Waals surface area (Å²) in [6, 6.07) is 78.3. The Hall–Kier alpha value is -7.88. The first-order valence-corrected chi connectivity index (χ1v) is 20.0. The highest BCUT2D eigenvalue weighted by atomic mass is 15.1. The molecule has 276 valence electrons. The molecule has 3 heteroatoms. The molecule has 0 aliphatic heterocycles. The van der Waals surface area contributed by atoms with Crippen molar-refractivity contribution in [1.82, 2.24) is 9.97 Å². The molecule has 2 aromatic heterocycles. The average Bonchev–Trinajstić information content (AvgIpc) is 3.31. The van der Waals surface area contributed by atoms with Crippen molar-refractivity contribution in [3.8, 4) is 44.6 Å². The molecule has 0 amide bonds. The lowest BCUT2D eigenvalue weighted by atomic mass is 9.98. The molecule has 59 heavy (non-hydrogen) atoms. The second-order valence-electron chi connectivity index (χ2n) is 15.1. The van der Waals surface area contributed by atoms with Gasteiger partial charge in [-0.3, -0.25) is 4.98 Å². The Kier molecular flexibility index (Phi) is 8.49. The number of hydrogen-bond acceptors (Lipinski definition) is 3. The molecule has 0 aliphatic rings. The smallest absolute Gasteiger partial charge is 0.0965 e. The molecule has 0 aliphatic carbocycles. The van der Waals surface area contributed by atoms with Crippen LogP contribution in [0.3, 0.4) is 0 Å². The van der Waals surface area contributed by atoms with Crippen LogP contribution in [-0.4, -0.2) is 9.97 Å². The van der Waals surface area contributed by atoms with E-state index >= 15 is 0 Å². The number of fused-ring (bicyclic) bond motifs is 4. The monoisotopic (exact) mass is 751 g/mol. The fraction of sp³-hybridized carbons (Fsp3) is 0. The number of aromatic nitrogens is 2. The van der Waals surface area contributed by atoms with Gasteiger partial charge in [0.1, 0.15) is 0 Å². The fourth-order valence-electron chi connectivity index (χ4n) is 8.37. The number of pyridine rings is 2. The Balaban J connectivity index is 0.987. The molecule has 0 atom stereocenters. The molecular weight excluding hydrogens is 715 g/mol. The number of hydrogen-bond donors (Lipinski definition) is 0. The zero-order valence-electron chi connectivity index (χ0n) is 32.2. The normalized spacial score (nSPS) is 11.4. The Morgan fingerprint density at radius 1 is 0.305 bits per heavy atom. The molecule has 0 saturated carbocycles. The molecule has 0 saturated heterocycles. The largest absolute Gasteiger partial charge is 0.310 e. The second-order valence-corrected chi connectivity index (χ2v) is 15.1. The van der Waals surface area contributed by atoms with Gasteiger partial charge in [-0.05, 0) is 133 Å². The molecule has 0 N–H and O–H groups in total. The molecule has 11 aromatic rings. The van der Waals surface area contributed by atoms with Crippen LogP contribution in [-0.2, 0) is 0 Å². The fourth-order valence-corrected chi connectivity index (χ4v) is 8.37. The molecule has 0 unspecified atom stereocenters. The number of nitrogens with zero attached hydrogens (tertiary/aromatic N) is 3. The van der Waals surface area contributed by atoms with Gasteiger partial charge in [0.05, 0.1) is 16.7 Å². The van der Waals surface area contributed by atoms with E-state index in [9.17, 15) is 0 Å². The maximum atomic E-state index is 5.08. The van der Waals surface area contributed by atoms with Crippen LogP contribution in [0.1, 0.15) is 0 Å². The van der Waals surface area contributed by atoms with Crippen molar-refractivity contribution < 1.29 is 0 Å². The van der Waals surface area contributed by atoms with Crippen molar-refractivity contribution in [1.29, 1.82) is 0 Å². The van der Waals surface area contributed by atoms with Crippen LogP contribution < -0.4 is 4.90 Å². The number of benzene rings is 9. The summed E-state index contributed by atoms with van der Waals surface area (Å²) in [5.74, 6) is 0. The third-order valence-electron chi connectivity index (χ3n) is 11.4. The highest BCUT2D eigenvalue weighted by molar-refractivity contribution is 5.96. The van der Waals surface area contributed by atoms with Crippen molar-refractivity contribution in [2.75, 3.05) is 4.90 Å². The molecule has 11 rings (SSSR count). The minimum atomic E-state index is 0.876. The quantitative estimate of drug-likeness (QED) is 0.162. The minimum absolute atomic E-state index is 0.876. The van der Waals surface area contributed by atoms with Gasteiger partial charge in [0.15, 0.2) is 0 Å². The summed E-state index contributed by atoms with van der Waals surface area (Å²) in [5, 5.41) is 7.37. The van der Waals surface area contributed by atoms with Gasteiger partial charge in [-0.2, -0.15) is 0 Å². The van der Waals surface area contributed by atoms with E-state index in [0.29, 0.717) is 0 Å². The summed E-state index contributed by atoms with van der Waals surface area (Å²) < 4.78 is 0. The predicted molar refractivity (Wildman–Crippen MR) is 248 cm³/mol. The summed E-state index contributed by atoms with van der Waals surface area (Å²) >= 11 is 0. The molecule has 0 spiro atoms. The van der Waals surface area contributed by atoms with E-state index in [4.69, 9.17) is 9.97 Å². The molecule has 0 radical (unpaired) electrons. The van der Waals surface area contributed by atoms with Crippen LogP contribution >= 0.6 is 0 Å². The minimum Gasteiger partial charge on any atom is -0.310 e. The average molecular weight is 752 g/mol. The van der Waals surface area contributed by atoms with Gasteiger partial charge in [-0.15, -0.1) is 0 Å². The van der Waals surface area contributed by atoms with Gasteiger partial charge in [0.25, 0.3) is 0 Å². The molecular formula is C56H37N3. The van der Waals surface area contributed by atoms with E-state index in [2.05, 4.69) is 205 Å². The van der Waals surface area contributed by atoms with Crippen LogP contribution in [0, 0.1) is 0 Å². The third-order valence-corrected chi connectivity index (χ3v) is 11.4. The van der Waals surface area contributed by atoms with E-state index in [1.165, 1.54) is 54.6 Å². The van der Waals surface area contributed by atoms with Crippen LogP contribution in [0.25, 0.3) is 88.0 Å². The lowest BCUT2D eigenvalue weighted by Gasteiger charge is -2.26. The Bertz CT molecular complexity index is 3320. The van der Waals surface area contributed by atoms with Crippen LogP contribution in [0.5, 0.6) is 0 Å². The van der Waals surface area contributed by atoms with Gasteiger partial charge < -0.3 is 4.90 Å². The van der Waals surface area contributed by atoms with Gasteiger partial charge in [-0.1, -0.05) is 146 Å². The molecule has 0 fully saturated rings. The first kappa shape index (κ1) is 34.4. The van der Waals surface area contributed by atoms with E-state index in [1.54, 1.807) is 0 Å². The van der Waals surface area contributed by atoms with Crippen LogP contribution in [0.15, 0.2) is 225 Å². The predicted octanol–water partition coefficient (Wildman–Crippen LogP) is 15.2. The van der Waals surface area contributed by atoms with Gasteiger partial charge in [-0.25, -0.2) is 4.98 Å². The Morgan fingerprint density at radius 3 is 1.42 bits per heavy atom. The maximum Gasteiger partial charge on any atom is 0.0965 e. The summed E-state index contributed by atoms with van der Waals surface area (Å²) in [5.41, 5.74) is 14.0. The van der Waals surface area contributed by atoms with Crippen molar-refractivity contribution in [2.24, 2.45) is 0 Å². The lowest BCUT2D eigenvalue weighted by molar-refractivity contribution is 1.28. The van der Waals surface area contributed by atoms with Gasteiger partial charge in [0, 0.05) is 34.4 Å². The zero-order chi connectivity index (χ0) is 39.1. The maximum absolute atomic E-state index is 5.08. The number of anilines is 3. The Labute approximate surface area is 343 Å². The van der Waals surface area contributed by atoms with E-state index in [-0.39, 0.29) is 0 Å². The molecule has 2 heterocycles. The first-order chi connectivity index (χ1) is 29.2. The van der Waals surface area contributed by atoms with Crippen LogP contribution in [0.4, 0.5) is 17.1 Å². The highest BCUT2D eigenvalue weighted by Crippen LogP contribution is 2.40. The SMILES string of the molecule is c1ccc(-c2cc(-c3ccc(N(c4ccc(-c5ccc6ccccc6c5)cc4)c4ccc5cc(-c6ccc7ccccc7c6)ccc5c4)cc3)nc3cccnc23)cc1. The molecule has 9 aromatic carbocycles. The van der Waals surface area contributed by atoms with E-state index in [1.807, 2.05) is 24.4 Å².